The van der Waals surface area contributed by atoms with Crippen molar-refractivity contribution in [3.05, 3.63) is 42.5 Å². The molecule has 13 nitrogen and oxygen atoms in total. The maximum Gasteiger partial charge on any atom is 0.418 e. The molecule has 4 rings (SSSR count). The lowest BCUT2D eigenvalue weighted by atomic mass is 10.3. The number of aryl methyl sites for hydroxylation is 1. The number of rotatable bonds is 9. The van der Waals surface area contributed by atoms with E-state index in [-0.39, 0.29) is 42.1 Å². The number of ether oxygens (including phenoxy) is 1. The zero-order valence-electron chi connectivity index (χ0n) is 18.8. The number of amides is 2. The number of nitrogens with one attached hydrogen (secondary N) is 2. The fraction of sp³-hybridized carbons (Fsp3) is 0.381. The van der Waals surface area contributed by atoms with Crippen LogP contribution in [0.25, 0.3) is 0 Å². The summed E-state index contributed by atoms with van der Waals surface area (Å²) in [7, 11) is 1.59. The molecule has 3 N–H and O–H groups in total. The maximum atomic E-state index is 12.9. The predicted molar refractivity (Wildman–Crippen MR) is 121 cm³/mol. The van der Waals surface area contributed by atoms with E-state index in [1.165, 1.54) is 22.1 Å². The highest BCUT2D eigenvalue weighted by molar-refractivity contribution is 6.01. The van der Waals surface area contributed by atoms with Crippen molar-refractivity contribution in [2.75, 3.05) is 30.3 Å². The van der Waals surface area contributed by atoms with Crippen molar-refractivity contribution in [3.63, 3.8) is 0 Å². The van der Waals surface area contributed by atoms with Crippen LogP contribution in [0.4, 0.5) is 22.0 Å². The number of nitrogens with zero attached hydrogens (tertiary/aromatic N) is 7. The van der Waals surface area contributed by atoms with Gasteiger partial charge in [-0.15, -0.1) is 0 Å². The molecule has 1 fully saturated rings. The van der Waals surface area contributed by atoms with Crippen molar-refractivity contribution >= 4 is 29.2 Å². The molecule has 3 aromatic heterocycles. The summed E-state index contributed by atoms with van der Waals surface area (Å²) >= 11 is 0. The third-order valence-electron chi connectivity index (χ3n) is 5.18. The quantitative estimate of drug-likeness (QED) is 0.422. The standard InChI is InChI=1S/C21H25N9O4/c1-3-30(6-7-31)20(32)17-16(11-25-29(17)2)28-21(33)34-19-18(26-14-8-22-12-23-9-14)24-10-15(27-19)13-4-5-13/h8-13,31H,3-7H2,1-2H3,(H,24,26)(H,28,33). The summed E-state index contributed by atoms with van der Waals surface area (Å²) in [4.78, 5) is 43.9. The van der Waals surface area contributed by atoms with Gasteiger partial charge >= 0.3 is 6.09 Å². The number of aliphatic hydroxyl groups excluding tert-OH is 1. The molecule has 1 aliphatic rings. The van der Waals surface area contributed by atoms with Crippen LogP contribution in [0.2, 0.25) is 0 Å². The van der Waals surface area contributed by atoms with Crippen LogP contribution in [0.3, 0.4) is 0 Å². The van der Waals surface area contributed by atoms with Gasteiger partial charge in [0.2, 0.25) is 0 Å². The van der Waals surface area contributed by atoms with Crippen molar-refractivity contribution in [3.8, 4) is 5.88 Å². The van der Waals surface area contributed by atoms with Crippen LogP contribution >= 0.6 is 0 Å². The zero-order chi connectivity index (χ0) is 24.1. The average Bonchev–Trinajstić information content (AvgIpc) is 3.62. The van der Waals surface area contributed by atoms with Crippen LogP contribution in [0.1, 0.15) is 41.9 Å². The molecule has 0 unspecified atom stereocenters. The summed E-state index contributed by atoms with van der Waals surface area (Å²) in [6.45, 7) is 2.16. The van der Waals surface area contributed by atoms with Crippen LogP contribution in [0, 0.1) is 0 Å². The second-order valence-electron chi connectivity index (χ2n) is 7.63. The van der Waals surface area contributed by atoms with Gasteiger partial charge in [0.05, 0.1) is 48.5 Å². The molecule has 1 saturated carbocycles. The summed E-state index contributed by atoms with van der Waals surface area (Å²) in [5.74, 6) is 0.116. The zero-order valence-corrected chi connectivity index (χ0v) is 18.8. The molecular formula is C21H25N9O4. The van der Waals surface area contributed by atoms with Gasteiger partial charge in [-0.05, 0) is 19.8 Å². The van der Waals surface area contributed by atoms with Crippen molar-refractivity contribution in [2.45, 2.75) is 25.7 Å². The van der Waals surface area contributed by atoms with Gasteiger partial charge in [-0.1, -0.05) is 0 Å². The van der Waals surface area contributed by atoms with Gasteiger partial charge in [0, 0.05) is 26.1 Å². The first-order valence-corrected chi connectivity index (χ1v) is 10.8. The lowest BCUT2D eigenvalue weighted by Gasteiger charge is -2.20. The fourth-order valence-electron chi connectivity index (χ4n) is 3.30. The molecule has 2 amide bonds. The van der Waals surface area contributed by atoms with E-state index in [9.17, 15) is 14.7 Å². The molecule has 0 aromatic carbocycles. The van der Waals surface area contributed by atoms with E-state index < -0.39 is 6.09 Å². The van der Waals surface area contributed by atoms with Gasteiger partial charge in [-0.3, -0.25) is 14.8 Å². The van der Waals surface area contributed by atoms with Gasteiger partial charge in [0.15, 0.2) is 5.82 Å². The van der Waals surface area contributed by atoms with Crippen LogP contribution < -0.4 is 15.4 Å². The average molecular weight is 467 g/mol. The van der Waals surface area contributed by atoms with Crippen molar-refractivity contribution in [1.82, 2.24) is 34.6 Å². The van der Waals surface area contributed by atoms with Gasteiger partial charge in [0.25, 0.3) is 11.8 Å². The molecule has 34 heavy (non-hydrogen) atoms. The number of likely N-dealkylation sites (N-methyl/N-ethyl adjacent to an activating group) is 1. The van der Waals surface area contributed by atoms with E-state index in [0.29, 0.717) is 18.2 Å². The third-order valence-corrected chi connectivity index (χ3v) is 5.18. The molecule has 0 spiro atoms. The monoisotopic (exact) mass is 467 g/mol. The Bertz CT molecular complexity index is 1160. The molecule has 0 aliphatic heterocycles. The predicted octanol–water partition coefficient (Wildman–Crippen LogP) is 1.69. The Balaban J connectivity index is 1.54. The number of hydrogen-bond donors (Lipinski definition) is 3. The first-order chi connectivity index (χ1) is 16.5. The molecule has 13 heteroatoms. The van der Waals surface area contributed by atoms with E-state index in [2.05, 4.69) is 35.7 Å². The second-order valence-corrected chi connectivity index (χ2v) is 7.63. The highest BCUT2D eigenvalue weighted by atomic mass is 16.6. The Labute approximate surface area is 195 Å². The first kappa shape index (κ1) is 23.0. The lowest BCUT2D eigenvalue weighted by Crippen LogP contribution is -2.35. The van der Waals surface area contributed by atoms with Crippen LogP contribution in [-0.2, 0) is 7.05 Å². The Morgan fingerprint density at radius 2 is 2.00 bits per heavy atom. The number of hydrogen-bond acceptors (Lipinski definition) is 10. The molecule has 178 valence electrons. The van der Waals surface area contributed by atoms with E-state index in [1.807, 2.05) is 0 Å². The fourth-order valence-corrected chi connectivity index (χ4v) is 3.30. The number of anilines is 3. The molecule has 3 aromatic rings. The van der Waals surface area contributed by atoms with Crippen molar-refractivity contribution in [1.29, 1.82) is 0 Å². The van der Waals surface area contributed by atoms with Gasteiger partial charge in [-0.25, -0.2) is 24.7 Å². The van der Waals surface area contributed by atoms with Crippen molar-refractivity contribution < 1.29 is 19.4 Å². The lowest BCUT2D eigenvalue weighted by molar-refractivity contribution is 0.0722. The number of aromatic nitrogens is 6. The molecule has 0 atom stereocenters. The molecule has 0 saturated heterocycles. The van der Waals surface area contributed by atoms with Crippen LogP contribution in [-0.4, -0.2) is 71.4 Å². The van der Waals surface area contributed by atoms with E-state index in [1.54, 1.807) is 32.6 Å². The molecule has 3 heterocycles. The molecule has 0 bridgehead atoms. The Morgan fingerprint density at radius 3 is 2.68 bits per heavy atom. The van der Waals surface area contributed by atoms with Gasteiger partial charge in [-0.2, -0.15) is 5.10 Å². The maximum absolute atomic E-state index is 12.9. The van der Waals surface area contributed by atoms with Gasteiger partial charge < -0.3 is 20.1 Å². The minimum atomic E-state index is -0.859. The molecule has 1 aliphatic carbocycles. The third kappa shape index (κ3) is 5.26. The van der Waals surface area contributed by atoms with Crippen LogP contribution in [0.15, 0.2) is 31.1 Å². The SMILES string of the molecule is CCN(CCO)C(=O)c1c(NC(=O)Oc2nc(C3CC3)cnc2Nc2cncnc2)cnn1C. The summed E-state index contributed by atoms with van der Waals surface area (Å²) in [5.41, 5.74) is 1.61. The summed E-state index contributed by atoms with van der Waals surface area (Å²) in [5, 5.41) is 18.9. The van der Waals surface area contributed by atoms with Crippen molar-refractivity contribution in [2.24, 2.45) is 7.05 Å². The highest BCUT2D eigenvalue weighted by Crippen LogP contribution is 2.40. The van der Waals surface area contributed by atoms with E-state index >= 15 is 0 Å². The first-order valence-electron chi connectivity index (χ1n) is 10.8. The number of carbonyl (C=O) groups excluding carboxylic acids is 2. The van der Waals surface area contributed by atoms with Gasteiger partial charge in [0.1, 0.15) is 12.0 Å². The Hall–Kier alpha value is -4.13. The minimum Gasteiger partial charge on any atom is -0.395 e. The highest BCUT2D eigenvalue weighted by Gasteiger charge is 2.28. The van der Waals surface area contributed by atoms with E-state index in [4.69, 9.17) is 4.74 Å². The smallest absolute Gasteiger partial charge is 0.395 e. The second kappa shape index (κ2) is 10.2. The summed E-state index contributed by atoms with van der Waals surface area (Å²) in [6, 6.07) is 0. The van der Waals surface area contributed by atoms with E-state index in [0.717, 1.165) is 18.5 Å². The largest absolute Gasteiger partial charge is 0.418 e. The number of aliphatic hydroxyl groups is 1. The Kier molecular flexibility index (Phi) is 6.92. The minimum absolute atomic E-state index is 0.0158. The molecule has 0 radical (unpaired) electrons. The number of carbonyl (C=O) groups is 2. The summed E-state index contributed by atoms with van der Waals surface area (Å²) in [6.07, 6.45) is 8.64. The van der Waals surface area contributed by atoms with Crippen LogP contribution in [0.5, 0.6) is 5.88 Å². The molecular weight excluding hydrogens is 442 g/mol. The normalized spacial score (nSPS) is 12.8. The summed E-state index contributed by atoms with van der Waals surface area (Å²) < 4.78 is 6.84. The topological polar surface area (TPSA) is 160 Å². The Morgan fingerprint density at radius 1 is 1.24 bits per heavy atom.